The first-order valence-electron chi connectivity index (χ1n) is 8.56. The van der Waals surface area contributed by atoms with Gasteiger partial charge in [0, 0.05) is 6.08 Å². The van der Waals surface area contributed by atoms with Gasteiger partial charge < -0.3 is 5.11 Å². The Balaban J connectivity index is 3.00. The lowest BCUT2D eigenvalue weighted by Gasteiger charge is -2.36. The zero-order valence-corrected chi connectivity index (χ0v) is 17.0. The molecule has 26 heavy (non-hydrogen) atoms. The summed E-state index contributed by atoms with van der Waals surface area (Å²) in [5.74, 6) is -0.967. The average Bonchev–Trinajstić information content (AvgIpc) is 2.43. The molecule has 0 heterocycles. The summed E-state index contributed by atoms with van der Waals surface area (Å²) in [6, 6.07) is 0. The summed E-state index contributed by atoms with van der Waals surface area (Å²) in [6.07, 6.45) is 14.3. The second-order valence-corrected chi connectivity index (χ2v) is 8.83. The van der Waals surface area contributed by atoms with Gasteiger partial charge in [-0.1, -0.05) is 41.5 Å². The molecule has 2 N–H and O–H groups in total. The topological polar surface area (TPSA) is 83.5 Å². The standard InChI is InChI=1S/C20H29NO4S/c1-15(8-6-9-16(2)14-19(22)23)11-12-18-17(3)10-7-13-20(18,4)21-26(5,24)25/h6,8-9,11-12,14,21H,7,10,13H2,1-5H3,(H,22,23)/b9-6+,12-11+,15-8+,16-14+/t20-/m1/s1. The van der Waals surface area contributed by atoms with Crippen molar-refractivity contribution < 1.29 is 18.3 Å². The molecule has 0 fully saturated rings. The predicted octanol–water partition coefficient (Wildman–Crippen LogP) is 3.88. The van der Waals surface area contributed by atoms with Crippen LogP contribution in [0.3, 0.4) is 0 Å². The molecule has 0 aromatic heterocycles. The summed E-state index contributed by atoms with van der Waals surface area (Å²) in [7, 11) is -3.31. The number of carbonyl (C=O) groups is 1. The third kappa shape index (κ3) is 7.54. The van der Waals surface area contributed by atoms with Crippen LogP contribution in [0.15, 0.2) is 58.7 Å². The van der Waals surface area contributed by atoms with Gasteiger partial charge in [0.1, 0.15) is 0 Å². The number of aliphatic carboxylic acids is 1. The first kappa shape index (κ1) is 22.1. The number of hydrogen-bond acceptors (Lipinski definition) is 3. The molecule has 0 aromatic carbocycles. The minimum Gasteiger partial charge on any atom is -0.478 e. The van der Waals surface area contributed by atoms with Crippen LogP contribution in [-0.4, -0.2) is 31.3 Å². The van der Waals surface area contributed by atoms with Crippen molar-refractivity contribution in [3.8, 4) is 0 Å². The highest BCUT2D eigenvalue weighted by Crippen LogP contribution is 2.35. The minimum atomic E-state index is -3.31. The molecule has 0 unspecified atom stereocenters. The fourth-order valence-corrected chi connectivity index (χ4v) is 4.18. The van der Waals surface area contributed by atoms with Crippen molar-refractivity contribution in [2.45, 2.75) is 52.5 Å². The van der Waals surface area contributed by atoms with Gasteiger partial charge in [0.15, 0.2) is 0 Å². The summed E-state index contributed by atoms with van der Waals surface area (Å²) in [4.78, 5) is 10.6. The van der Waals surface area contributed by atoms with E-state index in [0.29, 0.717) is 5.57 Å². The molecule has 0 saturated heterocycles. The van der Waals surface area contributed by atoms with Crippen LogP contribution in [-0.2, 0) is 14.8 Å². The second kappa shape index (κ2) is 9.14. The summed E-state index contributed by atoms with van der Waals surface area (Å²) in [5.41, 5.74) is 3.24. The van der Waals surface area contributed by atoms with Gasteiger partial charge in [-0.25, -0.2) is 17.9 Å². The predicted molar refractivity (Wildman–Crippen MR) is 106 cm³/mol. The number of hydrogen-bond donors (Lipinski definition) is 2. The van der Waals surface area contributed by atoms with Gasteiger partial charge in [0.25, 0.3) is 0 Å². The maximum absolute atomic E-state index is 11.8. The molecule has 0 amide bonds. The molecule has 0 radical (unpaired) electrons. The van der Waals surface area contributed by atoms with Crippen molar-refractivity contribution in [3.05, 3.63) is 58.7 Å². The van der Waals surface area contributed by atoms with E-state index in [1.165, 1.54) is 11.8 Å². The molecule has 0 bridgehead atoms. The van der Waals surface area contributed by atoms with E-state index in [0.717, 1.165) is 36.5 Å². The smallest absolute Gasteiger partial charge is 0.328 e. The maximum Gasteiger partial charge on any atom is 0.328 e. The number of sulfonamides is 1. The van der Waals surface area contributed by atoms with Crippen LogP contribution in [0, 0.1) is 0 Å². The highest BCUT2D eigenvalue weighted by atomic mass is 32.2. The lowest BCUT2D eigenvalue weighted by atomic mass is 9.78. The van der Waals surface area contributed by atoms with Crippen LogP contribution < -0.4 is 4.72 Å². The maximum atomic E-state index is 11.8. The fraction of sp³-hybridized carbons (Fsp3) is 0.450. The molecule has 1 aliphatic carbocycles. The normalized spacial score (nSPS) is 23.3. The Labute approximate surface area is 156 Å². The highest BCUT2D eigenvalue weighted by Gasteiger charge is 2.34. The molecule has 0 saturated carbocycles. The van der Waals surface area contributed by atoms with Gasteiger partial charge in [-0.05, 0) is 58.1 Å². The van der Waals surface area contributed by atoms with Crippen molar-refractivity contribution in [2.24, 2.45) is 0 Å². The van der Waals surface area contributed by atoms with Gasteiger partial charge in [0.2, 0.25) is 10.0 Å². The zero-order valence-electron chi connectivity index (χ0n) is 16.2. The Morgan fingerprint density at radius 1 is 1.23 bits per heavy atom. The Bertz CT molecular complexity index is 798. The molecular weight excluding hydrogens is 350 g/mol. The summed E-state index contributed by atoms with van der Waals surface area (Å²) in [6.45, 7) is 7.63. The SMILES string of the molecule is CC1=C(/C=C/C(C)=C/C=C/C(C)=C/C(=O)O)[C@](C)(NS(C)(=O)=O)CCC1. The highest BCUT2D eigenvalue weighted by molar-refractivity contribution is 7.88. The summed E-state index contributed by atoms with van der Waals surface area (Å²) >= 11 is 0. The number of carboxylic acids is 1. The van der Waals surface area contributed by atoms with Crippen molar-refractivity contribution >= 4 is 16.0 Å². The van der Waals surface area contributed by atoms with Crippen molar-refractivity contribution in [3.63, 3.8) is 0 Å². The van der Waals surface area contributed by atoms with Crippen LogP contribution in [0.25, 0.3) is 0 Å². The van der Waals surface area contributed by atoms with E-state index in [-0.39, 0.29) is 0 Å². The average molecular weight is 380 g/mol. The molecule has 0 spiro atoms. The molecule has 1 rings (SSSR count). The molecule has 144 valence electrons. The van der Waals surface area contributed by atoms with Crippen LogP contribution in [0.4, 0.5) is 0 Å². The van der Waals surface area contributed by atoms with E-state index >= 15 is 0 Å². The third-order valence-corrected chi connectivity index (χ3v) is 5.10. The molecule has 0 aromatic rings. The van der Waals surface area contributed by atoms with Crippen molar-refractivity contribution in [1.29, 1.82) is 0 Å². The Hall–Kier alpha value is -1.92. The van der Waals surface area contributed by atoms with E-state index < -0.39 is 21.5 Å². The third-order valence-electron chi connectivity index (χ3n) is 4.28. The first-order chi connectivity index (χ1) is 11.9. The van der Waals surface area contributed by atoms with Crippen LogP contribution >= 0.6 is 0 Å². The van der Waals surface area contributed by atoms with E-state index in [2.05, 4.69) is 4.72 Å². The van der Waals surface area contributed by atoms with Gasteiger partial charge in [-0.15, -0.1) is 0 Å². The van der Waals surface area contributed by atoms with E-state index in [9.17, 15) is 13.2 Å². The number of nitrogens with one attached hydrogen (secondary N) is 1. The van der Waals surface area contributed by atoms with Gasteiger partial charge in [-0.3, -0.25) is 0 Å². The van der Waals surface area contributed by atoms with Crippen molar-refractivity contribution in [2.75, 3.05) is 6.26 Å². The zero-order chi connectivity index (χ0) is 20.0. The minimum absolute atomic E-state index is 0.594. The largest absolute Gasteiger partial charge is 0.478 e. The first-order valence-corrected chi connectivity index (χ1v) is 10.5. The van der Waals surface area contributed by atoms with Crippen LogP contribution in [0.1, 0.15) is 47.0 Å². The van der Waals surface area contributed by atoms with E-state index in [1.807, 2.05) is 39.0 Å². The number of rotatable bonds is 7. The lowest BCUT2D eigenvalue weighted by Crippen LogP contribution is -2.48. The van der Waals surface area contributed by atoms with Gasteiger partial charge >= 0.3 is 5.97 Å². The van der Waals surface area contributed by atoms with Crippen LogP contribution in [0.2, 0.25) is 0 Å². The Kier molecular flexibility index (Phi) is 7.78. The molecule has 1 atom stereocenters. The van der Waals surface area contributed by atoms with Gasteiger partial charge in [0.05, 0.1) is 11.8 Å². The summed E-state index contributed by atoms with van der Waals surface area (Å²) < 4.78 is 26.3. The molecule has 1 aliphatic rings. The molecular formula is C20H29NO4S. The lowest BCUT2D eigenvalue weighted by molar-refractivity contribution is -0.131. The fourth-order valence-electron chi connectivity index (χ4n) is 3.15. The Morgan fingerprint density at radius 3 is 2.46 bits per heavy atom. The van der Waals surface area contributed by atoms with E-state index in [4.69, 9.17) is 5.11 Å². The summed E-state index contributed by atoms with van der Waals surface area (Å²) in [5, 5.41) is 8.68. The van der Waals surface area contributed by atoms with Crippen molar-refractivity contribution in [1.82, 2.24) is 4.72 Å². The number of carboxylic acid groups (broad SMARTS) is 1. The quantitative estimate of drug-likeness (QED) is 0.519. The van der Waals surface area contributed by atoms with E-state index in [1.54, 1.807) is 19.1 Å². The molecule has 0 aliphatic heterocycles. The Morgan fingerprint density at radius 2 is 1.88 bits per heavy atom. The van der Waals surface area contributed by atoms with Crippen LogP contribution in [0.5, 0.6) is 0 Å². The molecule has 6 heteroatoms. The monoisotopic (exact) mass is 379 g/mol. The van der Waals surface area contributed by atoms with Gasteiger partial charge in [-0.2, -0.15) is 0 Å². The second-order valence-electron chi connectivity index (χ2n) is 7.08. The molecule has 5 nitrogen and oxygen atoms in total. The number of allylic oxidation sites excluding steroid dienone is 7.